The van der Waals surface area contributed by atoms with Crippen molar-refractivity contribution in [2.75, 3.05) is 13.2 Å². The maximum absolute atomic E-state index is 5.70. The van der Waals surface area contributed by atoms with Gasteiger partial charge in [0.2, 0.25) is 0 Å². The molecule has 2 unspecified atom stereocenters. The Hall–Kier alpha value is -0.0400. The van der Waals surface area contributed by atoms with Crippen molar-refractivity contribution in [3.05, 3.63) is 0 Å². The first-order chi connectivity index (χ1) is 7.64. The van der Waals surface area contributed by atoms with E-state index in [2.05, 4.69) is 41.5 Å². The van der Waals surface area contributed by atoms with Crippen LogP contribution in [-0.4, -0.2) is 13.2 Å². The van der Waals surface area contributed by atoms with Crippen molar-refractivity contribution in [2.24, 2.45) is 28.1 Å². The van der Waals surface area contributed by atoms with Crippen molar-refractivity contribution >= 4 is 0 Å². The summed E-state index contributed by atoms with van der Waals surface area (Å²) in [6, 6.07) is 0. The van der Waals surface area contributed by atoms with Crippen molar-refractivity contribution in [1.82, 2.24) is 0 Å². The maximum atomic E-state index is 5.70. The van der Waals surface area contributed by atoms with E-state index in [4.69, 9.17) is 4.74 Å². The predicted octanol–water partition coefficient (Wildman–Crippen LogP) is 4.51. The van der Waals surface area contributed by atoms with Gasteiger partial charge in [-0.05, 0) is 47.3 Å². The van der Waals surface area contributed by atoms with Crippen LogP contribution in [0.15, 0.2) is 0 Å². The van der Waals surface area contributed by atoms with Crippen LogP contribution in [0.5, 0.6) is 0 Å². The molecule has 1 aliphatic heterocycles. The summed E-state index contributed by atoms with van der Waals surface area (Å²) < 4.78 is 5.70. The lowest BCUT2D eigenvalue weighted by molar-refractivity contribution is 0.0992. The van der Waals surface area contributed by atoms with Gasteiger partial charge in [-0.15, -0.1) is 0 Å². The average molecular weight is 238 g/mol. The number of ether oxygens (including phenoxy) is 1. The van der Waals surface area contributed by atoms with Gasteiger partial charge in [0.25, 0.3) is 0 Å². The molecular weight excluding hydrogens is 208 g/mol. The van der Waals surface area contributed by atoms with Crippen LogP contribution in [0.2, 0.25) is 0 Å². The Labute approximate surface area is 107 Å². The monoisotopic (exact) mass is 238 g/mol. The van der Waals surface area contributed by atoms with Gasteiger partial charge in [0.1, 0.15) is 0 Å². The zero-order valence-corrected chi connectivity index (χ0v) is 12.6. The fourth-order valence-electron chi connectivity index (χ4n) is 4.09. The van der Waals surface area contributed by atoms with Gasteiger partial charge in [-0.2, -0.15) is 0 Å². The van der Waals surface area contributed by atoms with Crippen molar-refractivity contribution in [3.63, 3.8) is 0 Å². The van der Waals surface area contributed by atoms with Crippen LogP contribution in [0.3, 0.4) is 0 Å². The molecule has 0 N–H and O–H groups in total. The normalized spacial score (nSPS) is 39.2. The predicted molar refractivity (Wildman–Crippen MR) is 73.0 cm³/mol. The minimum Gasteiger partial charge on any atom is -0.381 e. The van der Waals surface area contributed by atoms with Gasteiger partial charge in [-0.3, -0.25) is 0 Å². The Morgan fingerprint density at radius 1 is 0.882 bits per heavy atom. The van der Waals surface area contributed by atoms with Crippen LogP contribution in [0.25, 0.3) is 0 Å². The molecule has 1 saturated heterocycles. The SMILES string of the molecule is CC(C)(C)C1CC2(CCOC2)CC1C(C)(C)C. The van der Waals surface area contributed by atoms with Crippen LogP contribution in [0.4, 0.5) is 0 Å². The molecular formula is C16H30O. The first-order valence-electron chi connectivity index (χ1n) is 7.22. The zero-order valence-electron chi connectivity index (χ0n) is 12.6. The molecule has 0 aromatic rings. The van der Waals surface area contributed by atoms with E-state index in [9.17, 15) is 0 Å². The second kappa shape index (κ2) is 3.98. The third-order valence-electron chi connectivity index (χ3n) is 5.20. The van der Waals surface area contributed by atoms with Crippen molar-refractivity contribution in [2.45, 2.75) is 60.8 Å². The first kappa shape index (κ1) is 13.4. The summed E-state index contributed by atoms with van der Waals surface area (Å²) in [7, 11) is 0. The molecule has 0 aromatic carbocycles. The van der Waals surface area contributed by atoms with Gasteiger partial charge < -0.3 is 4.74 Å². The molecule has 0 bridgehead atoms. The lowest BCUT2D eigenvalue weighted by Crippen LogP contribution is -2.32. The highest BCUT2D eigenvalue weighted by atomic mass is 16.5. The van der Waals surface area contributed by atoms with E-state index in [0.29, 0.717) is 16.2 Å². The molecule has 1 heteroatoms. The largest absolute Gasteiger partial charge is 0.381 e. The van der Waals surface area contributed by atoms with E-state index >= 15 is 0 Å². The lowest BCUT2D eigenvalue weighted by atomic mass is 9.66. The molecule has 2 rings (SSSR count). The summed E-state index contributed by atoms with van der Waals surface area (Å²) in [5, 5.41) is 0. The Balaban J connectivity index is 2.24. The second-order valence-electron chi connectivity index (χ2n) is 8.66. The third kappa shape index (κ3) is 2.54. The molecule has 100 valence electrons. The Morgan fingerprint density at radius 3 is 1.65 bits per heavy atom. The van der Waals surface area contributed by atoms with Crippen molar-refractivity contribution in [3.8, 4) is 0 Å². The highest BCUT2D eigenvalue weighted by molar-refractivity contribution is 5.02. The minimum atomic E-state index is 0.435. The summed E-state index contributed by atoms with van der Waals surface area (Å²) in [5.41, 5.74) is 1.39. The zero-order chi connectivity index (χ0) is 12.9. The van der Waals surface area contributed by atoms with E-state index < -0.39 is 0 Å². The van der Waals surface area contributed by atoms with Crippen LogP contribution < -0.4 is 0 Å². The van der Waals surface area contributed by atoms with Crippen molar-refractivity contribution in [1.29, 1.82) is 0 Å². The van der Waals surface area contributed by atoms with Gasteiger partial charge in [0.05, 0.1) is 6.61 Å². The van der Waals surface area contributed by atoms with Gasteiger partial charge in [0.15, 0.2) is 0 Å². The molecule has 2 fully saturated rings. The molecule has 1 heterocycles. The van der Waals surface area contributed by atoms with Gasteiger partial charge >= 0.3 is 0 Å². The Bertz CT molecular complexity index is 249. The first-order valence-corrected chi connectivity index (χ1v) is 7.22. The van der Waals surface area contributed by atoms with E-state index in [1.165, 1.54) is 19.3 Å². The molecule has 1 saturated carbocycles. The second-order valence-corrected chi connectivity index (χ2v) is 8.66. The lowest BCUT2D eigenvalue weighted by Gasteiger charge is -2.39. The van der Waals surface area contributed by atoms with Crippen molar-refractivity contribution < 1.29 is 4.74 Å². The average Bonchev–Trinajstić information content (AvgIpc) is 2.72. The summed E-state index contributed by atoms with van der Waals surface area (Å²) in [6.07, 6.45) is 4.07. The molecule has 1 aliphatic carbocycles. The van der Waals surface area contributed by atoms with Crippen LogP contribution in [0, 0.1) is 28.1 Å². The van der Waals surface area contributed by atoms with Gasteiger partial charge in [-0.25, -0.2) is 0 Å². The molecule has 1 spiro atoms. The smallest absolute Gasteiger partial charge is 0.0523 e. The molecule has 17 heavy (non-hydrogen) atoms. The number of hydrogen-bond acceptors (Lipinski definition) is 1. The highest BCUT2D eigenvalue weighted by Crippen LogP contribution is 2.59. The minimum absolute atomic E-state index is 0.435. The quantitative estimate of drug-likeness (QED) is 0.603. The maximum Gasteiger partial charge on any atom is 0.0523 e. The molecule has 2 atom stereocenters. The van der Waals surface area contributed by atoms with Crippen LogP contribution in [0.1, 0.15) is 60.8 Å². The third-order valence-corrected chi connectivity index (χ3v) is 5.20. The molecule has 0 amide bonds. The van der Waals surface area contributed by atoms with Crippen LogP contribution in [-0.2, 0) is 4.74 Å². The highest BCUT2D eigenvalue weighted by Gasteiger charge is 2.53. The summed E-state index contributed by atoms with van der Waals surface area (Å²) in [5.74, 6) is 1.70. The van der Waals surface area contributed by atoms with E-state index in [0.717, 1.165) is 25.0 Å². The molecule has 1 nitrogen and oxygen atoms in total. The van der Waals surface area contributed by atoms with E-state index in [-0.39, 0.29) is 0 Å². The topological polar surface area (TPSA) is 9.23 Å². The summed E-state index contributed by atoms with van der Waals surface area (Å²) >= 11 is 0. The Morgan fingerprint density at radius 2 is 1.35 bits per heavy atom. The fourth-order valence-corrected chi connectivity index (χ4v) is 4.09. The molecule has 0 radical (unpaired) electrons. The van der Waals surface area contributed by atoms with Crippen LogP contribution >= 0.6 is 0 Å². The van der Waals surface area contributed by atoms with Gasteiger partial charge in [-0.1, -0.05) is 41.5 Å². The molecule has 2 aliphatic rings. The van der Waals surface area contributed by atoms with Gasteiger partial charge in [0, 0.05) is 6.61 Å². The summed E-state index contributed by atoms with van der Waals surface area (Å²) in [4.78, 5) is 0. The number of rotatable bonds is 0. The number of hydrogen-bond donors (Lipinski definition) is 0. The van der Waals surface area contributed by atoms with E-state index in [1.807, 2.05) is 0 Å². The van der Waals surface area contributed by atoms with E-state index in [1.54, 1.807) is 0 Å². The summed E-state index contributed by atoms with van der Waals surface area (Å²) in [6.45, 7) is 16.5. The molecule has 0 aromatic heterocycles. The fraction of sp³-hybridized carbons (Fsp3) is 1.00. The Kier molecular flexibility index (Phi) is 3.14. The standard InChI is InChI=1S/C16H30O/c1-14(2,3)12-9-16(7-8-17-11-16)10-13(12)15(4,5)6/h12-13H,7-11H2,1-6H3.